The number of aryl methyl sites for hydroxylation is 1. The van der Waals surface area contributed by atoms with Crippen molar-refractivity contribution in [3.8, 4) is 5.75 Å². The summed E-state index contributed by atoms with van der Waals surface area (Å²) in [4.78, 5) is 11.9. The minimum absolute atomic E-state index is 0.0137. The second-order valence-corrected chi connectivity index (χ2v) is 4.44. The second-order valence-electron chi connectivity index (χ2n) is 4.44. The summed E-state index contributed by atoms with van der Waals surface area (Å²) < 4.78 is 7.06. The van der Waals surface area contributed by atoms with E-state index in [4.69, 9.17) is 10.5 Å². The molecule has 1 aromatic heterocycles. The summed E-state index contributed by atoms with van der Waals surface area (Å²) in [6.07, 6.45) is 0. The van der Waals surface area contributed by atoms with Crippen molar-refractivity contribution in [3.63, 3.8) is 0 Å². The summed E-state index contributed by atoms with van der Waals surface area (Å²) in [5.41, 5.74) is 8.55. The first-order valence-corrected chi connectivity index (χ1v) is 6.18. The average Bonchev–Trinajstić information content (AvgIpc) is 2.42. The molecule has 2 aromatic rings. The minimum Gasteiger partial charge on any atom is -0.496 e. The Labute approximate surface area is 112 Å². The molecule has 0 aliphatic rings. The molecule has 19 heavy (non-hydrogen) atoms. The lowest BCUT2D eigenvalue weighted by molar-refractivity contribution is 0.407. The highest BCUT2D eigenvalue weighted by Gasteiger charge is 2.07. The van der Waals surface area contributed by atoms with Crippen molar-refractivity contribution in [3.05, 3.63) is 63.6 Å². The van der Waals surface area contributed by atoms with Crippen molar-refractivity contribution in [1.82, 2.24) is 4.57 Å². The van der Waals surface area contributed by atoms with Crippen LogP contribution in [0.4, 0.5) is 0 Å². The fourth-order valence-electron chi connectivity index (χ4n) is 2.08. The normalized spacial score (nSPS) is 10.5. The zero-order valence-electron chi connectivity index (χ0n) is 11.2. The fourth-order valence-corrected chi connectivity index (χ4v) is 2.08. The van der Waals surface area contributed by atoms with E-state index in [1.807, 2.05) is 31.2 Å². The van der Waals surface area contributed by atoms with E-state index in [0.29, 0.717) is 13.1 Å². The zero-order chi connectivity index (χ0) is 13.8. The molecule has 1 aromatic carbocycles. The highest BCUT2D eigenvalue weighted by molar-refractivity contribution is 5.37. The topological polar surface area (TPSA) is 57.2 Å². The molecule has 0 saturated carbocycles. The summed E-state index contributed by atoms with van der Waals surface area (Å²) in [5, 5.41) is 0. The Kier molecular flexibility index (Phi) is 4.02. The van der Waals surface area contributed by atoms with E-state index in [2.05, 4.69) is 0 Å². The van der Waals surface area contributed by atoms with Crippen LogP contribution in [0.15, 0.2) is 41.2 Å². The van der Waals surface area contributed by atoms with Crippen LogP contribution in [0.2, 0.25) is 0 Å². The molecule has 0 spiro atoms. The van der Waals surface area contributed by atoms with Crippen molar-refractivity contribution in [2.24, 2.45) is 5.73 Å². The number of pyridine rings is 1. The largest absolute Gasteiger partial charge is 0.496 e. The maximum atomic E-state index is 11.9. The maximum absolute atomic E-state index is 11.9. The zero-order valence-corrected chi connectivity index (χ0v) is 11.2. The third-order valence-electron chi connectivity index (χ3n) is 3.18. The van der Waals surface area contributed by atoms with Gasteiger partial charge >= 0.3 is 0 Å². The Bertz CT molecular complexity index is 632. The first-order valence-electron chi connectivity index (χ1n) is 6.18. The summed E-state index contributed by atoms with van der Waals surface area (Å²) >= 11 is 0. The summed E-state index contributed by atoms with van der Waals surface area (Å²) in [6.45, 7) is 2.88. The lowest BCUT2D eigenvalue weighted by Gasteiger charge is -2.13. The van der Waals surface area contributed by atoms with Crippen molar-refractivity contribution in [1.29, 1.82) is 0 Å². The number of hydrogen-bond acceptors (Lipinski definition) is 3. The minimum atomic E-state index is -0.0137. The molecule has 2 rings (SSSR count). The number of hydrogen-bond donors (Lipinski definition) is 1. The molecule has 0 saturated heterocycles. The molecule has 0 bridgehead atoms. The lowest BCUT2D eigenvalue weighted by atomic mass is 10.1. The van der Waals surface area contributed by atoms with E-state index in [0.717, 1.165) is 22.6 Å². The molecule has 0 aliphatic carbocycles. The fraction of sp³-hybridized carbons (Fsp3) is 0.267. The Balaban J connectivity index is 2.45. The Morgan fingerprint density at radius 1 is 1.26 bits per heavy atom. The van der Waals surface area contributed by atoms with E-state index >= 15 is 0 Å². The van der Waals surface area contributed by atoms with E-state index in [1.165, 1.54) is 0 Å². The van der Waals surface area contributed by atoms with Gasteiger partial charge in [0.15, 0.2) is 0 Å². The monoisotopic (exact) mass is 258 g/mol. The average molecular weight is 258 g/mol. The number of ether oxygens (including phenoxy) is 1. The third-order valence-corrected chi connectivity index (χ3v) is 3.18. The molecule has 1 heterocycles. The van der Waals surface area contributed by atoms with Gasteiger partial charge in [0.05, 0.1) is 13.7 Å². The van der Waals surface area contributed by atoms with Crippen LogP contribution in [-0.4, -0.2) is 11.7 Å². The number of nitrogens with two attached hydrogens (primary N) is 1. The van der Waals surface area contributed by atoms with Gasteiger partial charge in [-0.25, -0.2) is 0 Å². The van der Waals surface area contributed by atoms with Crippen LogP contribution < -0.4 is 16.0 Å². The molecule has 0 unspecified atom stereocenters. The van der Waals surface area contributed by atoms with Crippen LogP contribution in [0.25, 0.3) is 0 Å². The standard InChI is InChI=1S/C15H18N2O2/c1-11-4-3-5-15(18)17(11)10-13-8-12(9-16)6-7-14(13)19-2/h3-8H,9-10,16H2,1-2H3. The van der Waals surface area contributed by atoms with Crippen molar-refractivity contribution >= 4 is 0 Å². The molecule has 4 nitrogen and oxygen atoms in total. The predicted molar refractivity (Wildman–Crippen MR) is 75.4 cm³/mol. The van der Waals surface area contributed by atoms with E-state index in [1.54, 1.807) is 23.8 Å². The quantitative estimate of drug-likeness (QED) is 0.907. The van der Waals surface area contributed by atoms with Crippen LogP contribution in [0, 0.1) is 6.92 Å². The number of nitrogens with zero attached hydrogens (tertiary/aromatic N) is 1. The van der Waals surface area contributed by atoms with E-state index in [9.17, 15) is 4.79 Å². The molecule has 4 heteroatoms. The third kappa shape index (κ3) is 2.85. The predicted octanol–water partition coefficient (Wildman–Crippen LogP) is 1.67. The smallest absolute Gasteiger partial charge is 0.251 e. The highest BCUT2D eigenvalue weighted by Crippen LogP contribution is 2.20. The number of methoxy groups -OCH3 is 1. The van der Waals surface area contributed by atoms with Gasteiger partial charge in [0.25, 0.3) is 5.56 Å². The molecule has 0 atom stereocenters. The molecule has 0 aliphatic heterocycles. The summed E-state index contributed by atoms with van der Waals surface area (Å²) in [6, 6.07) is 11.1. The first-order chi connectivity index (χ1) is 9.15. The van der Waals surface area contributed by atoms with Crippen LogP contribution >= 0.6 is 0 Å². The molecule has 100 valence electrons. The van der Waals surface area contributed by atoms with E-state index in [-0.39, 0.29) is 5.56 Å². The number of benzene rings is 1. The van der Waals surface area contributed by atoms with Crippen LogP contribution in [-0.2, 0) is 13.1 Å². The summed E-state index contributed by atoms with van der Waals surface area (Å²) in [7, 11) is 1.63. The van der Waals surface area contributed by atoms with E-state index < -0.39 is 0 Å². The first kappa shape index (κ1) is 13.4. The molecular formula is C15H18N2O2. The van der Waals surface area contributed by atoms with Gasteiger partial charge in [-0.15, -0.1) is 0 Å². The Morgan fingerprint density at radius 2 is 2.05 bits per heavy atom. The van der Waals surface area contributed by atoms with Gasteiger partial charge in [-0.05, 0) is 30.7 Å². The Hall–Kier alpha value is -2.07. The summed E-state index contributed by atoms with van der Waals surface area (Å²) in [5.74, 6) is 0.771. The highest BCUT2D eigenvalue weighted by atomic mass is 16.5. The van der Waals surface area contributed by atoms with Crippen LogP contribution in [0.1, 0.15) is 16.8 Å². The van der Waals surface area contributed by atoms with Crippen molar-refractivity contribution in [2.75, 3.05) is 7.11 Å². The van der Waals surface area contributed by atoms with Crippen LogP contribution in [0.5, 0.6) is 5.75 Å². The molecular weight excluding hydrogens is 240 g/mol. The van der Waals surface area contributed by atoms with Gasteiger partial charge in [0.1, 0.15) is 5.75 Å². The van der Waals surface area contributed by atoms with Gasteiger partial charge in [0, 0.05) is 23.9 Å². The SMILES string of the molecule is COc1ccc(CN)cc1Cn1c(C)cccc1=O. The maximum Gasteiger partial charge on any atom is 0.251 e. The van der Waals surface area contributed by atoms with Gasteiger partial charge in [-0.3, -0.25) is 4.79 Å². The van der Waals surface area contributed by atoms with Gasteiger partial charge in [-0.2, -0.15) is 0 Å². The van der Waals surface area contributed by atoms with Crippen LogP contribution in [0.3, 0.4) is 0 Å². The number of aromatic nitrogens is 1. The van der Waals surface area contributed by atoms with Gasteiger partial charge in [0.2, 0.25) is 0 Å². The van der Waals surface area contributed by atoms with Crippen molar-refractivity contribution < 1.29 is 4.74 Å². The van der Waals surface area contributed by atoms with Gasteiger partial charge in [-0.1, -0.05) is 12.1 Å². The Morgan fingerprint density at radius 3 is 2.68 bits per heavy atom. The van der Waals surface area contributed by atoms with Gasteiger partial charge < -0.3 is 15.0 Å². The lowest BCUT2D eigenvalue weighted by Crippen LogP contribution is -2.21. The van der Waals surface area contributed by atoms with Crippen molar-refractivity contribution in [2.45, 2.75) is 20.0 Å². The molecule has 0 radical (unpaired) electrons. The molecule has 0 fully saturated rings. The second kappa shape index (κ2) is 5.71. The molecule has 0 amide bonds. The molecule has 2 N–H and O–H groups in total. The number of rotatable bonds is 4.